The predicted octanol–water partition coefficient (Wildman–Crippen LogP) is 3.49. The van der Waals surface area contributed by atoms with Crippen LogP contribution in [0.25, 0.3) is 0 Å². The highest BCUT2D eigenvalue weighted by atomic mass is 19.1. The van der Waals surface area contributed by atoms with Gasteiger partial charge in [0.25, 0.3) is 0 Å². The molecule has 2 N–H and O–H groups in total. The van der Waals surface area contributed by atoms with Gasteiger partial charge in [-0.3, -0.25) is 0 Å². The van der Waals surface area contributed by atoms with Crippen LogP contribution < -0.4 is 5.73 Å². The van der Waals surface area contributed by atoms with Crippen LogP contribution in [0.1, 0.15) is 45.2 Å². The maximum absolute atomic E-state index is 12.9. The van der Waals surface area contributed by atoms with Gasteiger partial charge in [0.2, 0.25) is 0 Å². The number of carbonyl (C=O) groups is 1. The predicted molar refractivity (Wildman–Crippen MR) is 94.7 cm³/mol. The largest absolute Gasteiger partial charge is 0.444 e. The zero-order valence-corrected chi connectivity index (χ0v) is 15.3. The second-order valence-electron chi connectivity index (χ2n) is 7.61. The van der Waals surface area contributed by atoms with Gasteiger partial charge in [0.05, 0.1) is 12.6 Å². The van der Waals surface area contributed by atoms with Gasteiger partial charge in [0.15, 0.2) is 0 Å². The number of halogens is 1. The van der Waals surface area contributed by atoms with E-state index in [1.54, 1.807) is 17.0 Å². The van der Waals surface area contributed by atoms with Gasteiger partial charge < -0.3 is 20.1 Å². The fraction of sp³-hybridized carbons (Fsp3) is 0.632. The lowest BCUT2D eigenvalue weighted by molar-refractivity contribution is 0.0110. The molecule has 2 rings (SSSR count). The van der Waals surface area contributed by atoms with E-state index in [1.165, 1.54) is 12.1 Å². The first kappa shape index (κ1) is 19.7. The Balaban J connectivity index is 1.67. The van der Waals surface area contributed by atoms with Crippen molar-refractivity contribution in [1.82, 2.24) is 4.90 Å². The number of ether oxygens (including phenoxy) is 2. The number of nitrogens with two attached hydrogens (primary N) is 1. The summed E-state index contributed by atoms with van der Waals surface area (Å²) in [6.45, 7) is 8.01. The Hall–Kier alpha value is -1.66. The van der Waals surface area contributed by atoms with Crippen molar-refractivity contribution in [1.29, 1.82) is 0 Å². The van der Waals surface area contributed by atoms with Crippen molar-refractivity contribution in [2.75, 3.05) is 26.3 Å². The Morgan fingerprint density at radius 1 is 1.28 bits per heavy atom. The van der Waals surface area contributed by atoms with E-state index >= 15 is 0 Å². The highest BCUT2D eigenvalue weighted by Crippen LogP contribution is 2.20. The second kappa shape index (κ2) is 8.63. The third-order valence-corrected chi connectivity index (χ3v) is 4.22. The molecule has 1 saturated heterocycles. The Bertz CT molecular complexity index is 549. The van der Waals surface area contributed by atoms with Gasteiger partial charge in [-0.2, -0.15) is 0 Å². The molecule has 1 aromatic rings. The third-order valence-electron chi connectivity index (χ3n) is 4.22. The van der Waals surface area contributed by atoms with E-state index in [2.05, 4.69) is 0 Å². The minimum atomic E-state index is -0.465. The van der Waals surface area contributed by atoms with Gasteiger partial charge in [-0.25, -0.2) is 9.18 Å². The summed E-state index contributed by atoms with van der Waals surface area (Å²) in [7, 11) is 0. The fourth-order valence-corrected chi connectivity index (χ4v) is 2.78. The quantitative estimate of drug-likeness (QED) is 0.881. The Morgan fingerprint density at radius 3 is 2.44 bits per heavy atom. The lowest BCUT2D eigenvalue weighted by Crippen LogP contribution is -2.42. The van der Waals surface area contributed by atoms with Gasteiger partial charge in [0, 0.05) is 19.7 Å². The summed E-state index contributed by atoms with van der Waals surface area (Å²) in [5.41, 5.74) is 6.46. The summed E-state index contributed by atoms with van der Waals surface area (Å²) >= 11 is 0. The molecule has 1 amide bonds. The van der Waals surface area contributed by atoms with Crippen LogP contribution in [0.3, 0.4) is 0 Å². The molecule has 25 heavy (non-hydrogen) atoms. The molecule has 0 bridgehead atoms. The number of likely N-dealkylation sites (tertiary alicyclic amines) is 1. The molecule has 0 radical (unpaired) electrons. The van der Waals surface area contributed by atoms with E-state index in [0.717, 1.165) is 18.4 Å². The monoisotopic (exact) mass is 352 g/mol. The molecule has 1 aliphatic heterocycles. The Labute approximate surface area is 149 Å². The molecule has 1 fully saturated rings. The Kier molecular flexibility index (Phi) is 6.79. The van der Waals surface area contributed by atoms with Crippen LogP contribution in [0.2, 0.25) is 0 Å². The third kappa shape index (κ3) is 6.63. The molecule has 1 atom stereocenters. The number of amides is 1. The fourth-order valence-electron chi connectivity index (χ4n) is 2.78. The van der Waals surface area contributed by atoms with Crippen molar-refractivity contribution in [3.05, 3.63) is 35.6 Å². The van der Waals surface area contributed by atoms with Gasteiger partial charge >= 0.3 is 6.09 Å². The van der Waals surface area contributed by atoms with E-state index in [4.69, 9.17) is 15.2 Å². The highest BCUT2D eigenvalue weighted by Gasteiger charge is 2.26. The van der Waals surface area contributed by atoms with Crippen LogP contribution in [0, 0.1) is 11.7 Å². The van der Waals surface area contributed by atoms with Gasteiger partial charge in [-0.05, 0) is 57.2 Å². The van der Waals surface area contributed by atoms with Crippen molar-refractivity contribution >= 4 is 6.09 Å². The molecular formula is C19H29FN2O3. The molecule has 0 aliphatic carbocycles. The van der Waals surface area contributed by atoms with E-state index in [1.807, 2.05) is 20.8 Å². The summed E-state index contributed by atoms with van der Waals surface area (Å²) in [5, 5.41) is 0. The summed E-state index contributed by atoms with van der Waals surface area (Å²) in [6.07, 6.45) is 1.54. The average Bonchev–Trinajstić information content (AvgIpc) is 2.54. The van der Waals surface area contributed by atoms with Crippen LogP contribution in [-0.2, 0) is 9.47 Å². The second-order valence-corrected chi connectivity index (χ2v) is 7.61. The number of carbonyl (C=O) groups excluding carboxylic acids is 1. The molecule has 1 aliphatic rings. The molecule has 0 aromatic heterocycles. The van der Waals surface area contributed by atoms with Crippen molar-refractivity contribution in [3.63, 3.8) is 0 Å². The highest BCUT2D eigenvalue weighted by molar-refractivity contribution is 5.68. The Morgan fingerprint density at radius 2 is 1.88 bits per heavy atom. The van der Waals surface area contributed by atoms with Crippen LogP contribution in [0.5, 0.6) is 0 Å². The van der Waals surface area contributed by atoms with E-state index in [-0.39, 0.29) is 18.0 Å². The molecule has 5 nitrogen and oxygen atoms in total. The number of rotatable bonds is 5. The number of hydrogen-bond donors (Lipinski definition) is 1. The van der Waals surface area contributed by atoms with Crippen molar-refractivity contribution < 1.29 is 18.7 Å². The van der Waals surface area contributed by atoms with E-state index in [9.17, 15) is 9.18 Å². The number of nitrogens with zero attached hydrogens (tertiary/aromatic N) is 1. The first-order chi connectivity index (χ1) is 11.7. The normalized spacial score (nSPS) is 17.4. The van der Waals surface area contributed by atoms with Crippen molar-refractivity contribution in [3.8, 4) is 0 Å². The van der Waals surface area contributed by atoms with Crippen molar-refractivity contribution in [2.45, 2.75) is 45.3 Å². The zero-order chi connectivity index (χ0) is 18.4. The lowest BCUT2D eigenvalue weighted by atomic mass is 9.98. The molecule has 1 heterocycles. The van der Waals surface area contributed by atoms with E-state index in [0.29, 0.717) is 32.2 Å². The van der Waals surface area contributed by atoms with Crippen LogP contribution in [0.15, 0.2) is 24.3 Å². The van der Waals surface area contributed by atoms with Gasteiger partial charge in [-0.15, -0.1) is 0 Å². The first-order valence-corrected chi connectivity index (χ1v) is 8.81. The molecule has 1 unspecified atom stereocenters. The minimum Gasteiger partial charge on any atom is -0.444 e. The molecule has 1 aromatic carbocycles. The topological polar surface area (TPSA) is 64.8 Å². The average molecular weight is 352 g/mol. The number of benzene rings is 1. The number of piperidine rings is 1. The van der Waals surface area contributed by atoms with E-state index < -0.39 is 5.60 Å². The maximum atomic E-state index is 12.9. The summed E-state index contributed by atoms with van der Waals surface area (Å²) in [4.78, 5) is 13.8. The van der Waals surface area contributed by atoms with Crippen LogP contribution in [0.4, 0.5) is 9.18 Å². The standard InChI is InChI=1S/C19H29FN2O3/c1-19(2,3)25-18(23)22-10-8-14(9-11-22)12-24-13-17(21)15-4-6-16(20)7-5-15/h4-7,14,17H,8-13,21H2,1-3H3. The lowest BCUT2D eigenvalue weighted by Gasteiger charge is -2.33. The maximum Gasteiger partial charge on any atom is 0.410 e. The molecular weight excluding hydrogens is 323 g/mol. The summed E-state index contributed by atoms with van der Waals surface area (Å²) in [5.74, 6) is 0.146. The van der Waals surface area contributed by atoms with Crippen molar-refractivity contribution in [2.24, 2.45) is 11.7 Å². The van der Waals surface area contributed by atoms with Gasteiger partial charge in [0.1, 0.15) is 11.4 Å². The zero-order valence-electron chi connectivity index (χ0n) is 15.3. The molecule has 140 valence electrons. The smallest absolute Gasteiger partial charge is 0.410 e. The first-order valence-electron chi connectivity index (χ1n) is 8.81. The summed E-state index contributed by atoms with van der Waals surface area (Å²) < 4.78 is 24.1. The minimum absolute atomic E-state index is 0.245. The SMILES string of the molecule is CC(C)(C)OC(=O)N1CCC(COCC(N)c2ccc(F)cc2)CC1. The molecule has 0 spiro atoms. The molecule has 0 saturated carbocycles. The molecule has 6 heteroatoms. The van der Waals surface area contributed by atoms with Crippen LogP contribution >= 0.6 is 0 Å². The van der Waals surface area contributed by atoms with Gasteiger partial charge in [-0.1, -0.05) is 12.1 Å². The van der Waals surface area contributed by atoms with Crippen LogP contribution in [-0.4, -0.2) is 42.9 Å². The number of hydrogen-bond acceptors (Lipinski definition) is 4. The summed E-state index contributed by atoms with van der Waals surface area (Å²) in [6, 6.07) is 5.91.